The average Bonchev–Trinajstić information content (AvgIpc) is 2.56. The topological polar surface area (TPSA) is 40.5 Å². The highest BCUT2D eigenvalue weighted by Crippen LogP contribution is 2.36. The zero-order valence-corrected chi connectivity index (χ0v) is 13.5. The number of aryl methyl sites for hydroxylation is 1. The van der Waals surface area contributed by atoms with Gasteiger partial charge in [0.1, 0.15) is 0 Å². The lowest BCUT2D eigenvalue weighted by Gasteiger charge is -2.40. The molecule has 2 atom stereocenters. The molecule has 0 aromatic heterocycles. The van der Waals surface area contributed by atoms with Crippen LogP contribution >= 0.6 is 0 Å². The van der Waals surface area contributed by atoms with Crippen molar-refractivity contribution >= 4 is 5.97 Å². The zero-order valence-electron chi connectivity index (χ0n) is 13.5. The van der Waals surface area contributed by atoms with Gasteiger partial charge in [-0.15, -0.1) is 0 Å². The number of aliphatic carboxylic acids is 1. The first-order chi connectivity index (χ1) is 10.6. The summed E-state index contributed by atoms with van der Waals surface area (Å²) in [6, 6.07) is 9.67. The third kappa shape index (κ3) is 3.52. The van der Waals surface area contributed by atoms with E-state index < -0.39 is 5.97 Å². The molecule has 1 N–H and O–H groups in total. The summed E-state index contributed by atoms with van der Waals surface area (Å²) in [7, 11) is 0. The Kier molecular flexibility index (Phi) is 4.82. The third-order valence-electron chi connectivity index (χ3n) is 5.59. The molecule has 1 saturated carbocycles. The van der Waals surface area contributed by atoms with Crippen molar-refractivity contribution in [2.24, 2.45) is 5.92 Å². The summed E-state index contributed by atoms with van der Waals surface area (Å²) >= 11 is 0. The summed E-state index contributed by atoms with van der Waals surface area (Å²) in [4.78, 5) is 13.6. The van der Waals surface area contributed by atoms with E-state index in [1.807, 2.05) is 0 Å². The third-order valence-corrected chi connectivity index (χ3v) is 5.59. The Morgan fingerprint density at radius 2 is 1.77 bits per heavy atom. The number of carbonyl (C=O) groups is 1. The molecule has 3 rings (SSSR count). The first-order valence-electron chi connectivity index (χ1n) is 8.67. The predicted molar refractivity (Wildman–Crippen MR) is 88.1 cm³/mol. The van der Waals surface area contributed by atoms with Gasteiger partial charge in [0.2, 0.25) is 0 Å². The molecule has 2 aliphatic rings. The minimum atomic E-state index is -0.610. The molecular formula is C19H27NO2. The number of nitrogens with zero attached hydrogens (tertiary/aromatic N) is 1. The van der Waals surface area contributed by atoms with Crippen molar-refractivity contribution in [1.82, 2.24) is 4.90 Å². The number of hydrogen-bond donors (Lipinski definition) is 1. The molecule has 0 radical (unpaired) electrons. The molecule has 1 aromatic carbocycles. The highest BCUT2D eigenvalue weighted by molar-refractivity contribution is 5.70. The van der Waals surface area contributed by atoms with Crippen molar-refractivity contribution in [2.75, 3.05) is 13.1 Å². The van der Waals surface area contributed by atoms with Crippen molar-refractivity contribution in [1.29, 1.82) is 0 Å². The van der Waals surface area contributed by atoms with E-state index in [9.17, 15) is 4.79 Å². The maximum atomic E-state index is 11.1. The fourth-order valence-electron chi connectivity index (χ4n) is 4.15. The molecule has 0 bridgehead atoms. The molecule has 3 nitrogen and oxygen atoms in total. The van der Waals surface area contributed by atoms with E-state index in [1.165, 1.54) is 36.8 Å². The second-order valence-corrected chi connectivity index (χ2v) is 7.08. The lowest BCUT2D eigenvalue weighted by molar-refractivity contribution is -0.143. The summed E-state index contributed by atoms with van der Waals surface area (Å²) in [6.45, 7) is 4.06. The first kappa shape index (κ1) is 15.5. The number of rotatable bonds is 3. The second kappa shape index (κ2) is 6.82. The van der Waals surface area contributed by atoms with Gasteiger partial charge in [-0.1, -0.05) is 36.2 Å². The average molecular weight is 301 g/mol. The molecule has 1 aliphatic heterocycles. The molecule has 1 aromatic rings. The van der Waals surface area contributed by atoms with Gasteiger partial charge in [0, 0.05) is 6.04 Å². The van der Waals surface area contributed by atoms with E-state index in [4.69, 9.17) is 5.11 Å². The Balaban J connectivity index is 1.59. The van der Waals surface area contributed by atoms with Gasteiger partial charge >= 0.3 is 5.97 Å². The molecule has 2 unspecified atom stereocenters. The number of piperidine rings is 1. The lowest BCUT2D eigenvalue weighted by atomic mass is 9.80. The normalized spacial score (nSPS) is 27.7. The molecule has 1 saturated heterocycles. The van der Waals surface area contributed by atoms with Crippen LogP contribution in [0.4, 0.5) is 0 Å². The van der Waals surface area contributed by atoms with Gasteiger partial charge in [-0.25, -0.2) is 0 Å². The van der Waals surface area contributed by atoms with Crippen LogP contribution in [0.5, 0.6) is 0 Å². The summed E-state index contributed by atoms with van der Waals surface area (Å²) in [5.41, 5.74) is 2.81. The van der Waals surface area contributed by atoms with Gasteiger partial charge in [-0.2, -0.15) is 0 Å². The molecule has 3 heteroatoms. The standard InChI is InChI=1S/C19H27NO2/c1-14-5-7-15(8-6-14)17-3-2-4-18(13-17)20-11-9-16(10-12-20)19(21)22/h5-8,16-18H,2-4,9-13H2,1H3,(H,21,22). The van der Waals surface area contributed by atoms with Crippen LogP contribution in [0.15, 0.2) is 24.3 Å². The minimum Gasteiger partial charge on any atom is -0.481 e. The second-order valence-electron chi connectivity index (χ2n) is 7.08. The fourth-order valence-corrected chi connectivity index (χ4v) is 4.15. The smallest absolute Gasteiger partial charge is 0.306 e. The predicted octanol–water partition coefficient (Wildman–Crippen LogP) is 3.82. The van der Waals surface area contributed by atoms with Crippen LogP contribution in [0.25, 0.3) is 0 Å². The quantitative estimate of drug-likeness (QED) is 0.922. The first-order valence-corrected chi connectivity index (χ1v) is 8.67. The molecule has 22 heavy (non-hydrogen) atoms. The van der Waals surface area contributed by atoms with Crippen LogP contribution in [0.3, 0.4) is 0 Å². The maximum Gasteiger partial charge on any atom is 0.306 e. The Morgan fingerprint density at radius 3 is 2.41 bits per heavy atom. The number of likely N-dealkylation sites (tertiary alicyclic amines) is 1. The van der Waals surface area contributed by atoms with Gasteiger partial charge in [0.05, 0.1) is 5.92 Å². The number of hydrogen-bond acceptors (Lipinski definition) is 2. The van der Waals surface area contributed by atoms with Gasteiger partial charge in [0.15, 0.2) is 0 Å². The van der Waals surface area contributed by atoms with Gasteiger partial charge in [-0.05, 0) is 63.6 Å². The van der Waals surface area contributed by atoms with Crippen molar-refractivity contribution < 1.29 is 9.90 Å². The molecular weight excluding hydrogens is 274 g/mol. The van der Waals surface area contributed by atoms with E-state index in [0.717, 1.165) is 25.9 Å². The van der Waals surface area contributed by atoms with Crippen molar-refractivity contribution in [2.45, 2.75) is 57.4 Å². The van der Waals surface area contributed by atoms with Gasteiger partial charge < -0.3 is 10.0 Å². The van der Waals surface area contributed by atoms with E-state index in [1.54, 1.807) is 0 Å². The molecule has 1 heterocycles. The van der Waals surface area contributed by atoms with E-state index in [-0.39, 0.29) is 5.92 Å². The van der Waals surface area contributed by atoms with Gasteiger partial charge in [0.25, 0.3) is 0 Å². The summed E-state index contributed by atoms with van der Waals surface area (Å²) in [5.74, 6) is -0.0508. The molecule has 0 amide bonds. The zero-order chi connectivity index (χ0) is 15.5. The highest BCUT2D eigenvalue weighted by Gasteiger charge is 2.31. The van der Waals surface area contributed by atoms with E-state index in [0.29, 0.717) is 12.0 Å². The highest BCUT2D eigenvalue weighted by atomic mass is 16.4. The molecule has 1 aliphatic carbocycles. The fraction of sp³-hybridized carbons (Fsp3) is 0.632. The van der Waals surface area contributed by atoms with Gasteiger partial charge in [-0.3, -0.25) is 4.79 Å². The molecule has 120 valence electrons. The van der Waals surface area contributed by atoms with Crippen LogP contribution in [0.2, 0.25) is 0 Å². The van der Waals surface area contributed by atoms with Crippen molar-refractivity contribution in [3.63, 3.8) is 0 Å². The number of carboxylic acid groups (broad SMARTS) is 1. The Labute approximate surface area is 133 Å². The minimum absolute atomic E-state index is 0.118. The van der Waals surface area contributed by atoms with Crippen molar-refractivity contribution in [3.8, 4) is 0 Å². The van der Waals surface area contributed by atoms with Crippen LogP contribution < -0.4 is 0 Å². The Hall–Kier alpha value is -1.35. The summed E-state index contributed by atoms with van der Waals surface area (Å²) < 4.78 is 0. The van der Waals surface area contributed by atoms with Crippen LogP contribution in [-0.2, 0) is 4.79 Å². The largest absolute Gasteiger partial charge is 0.481 e. The number of carboxylic acids is 1. The Bertz CT molecular complexity index is 503. The maximum absolute atomic E-state index is 11.1. The van der Waals surface area contributed by atoms with Crippen molar-refractivity contribution in [3.05, 3.63) is 35.4 Å². The van der Waals surface area contributed by atoms with Crippen LogP contribution in [0, 0.1) is 12.8 Å². The van der Waals surface area contributed by atoms with Crippen LogP contribution in [0.1, 0.15) is 55.6 Å². The molecule has 0 spiro atoms. The lowest BCUT2D eigenvalue weighted by Crippen LogP contribution is -2.44. The summed E-state index contributed by atoms with van der Waals surface area (Å²) in [6.07, 6.45) is 6.75. The monoisotopic (exact) mass is 301 g/mol. The summed E-state index contributed by atoms with van der Waals surface area (Å²) in [5, 5.41) is 9.13. The Morgan fingerprint density at radius 1 is 1.09 bits per heavy atom. The van der Waals surface area contributed by atoms with E-state index in [2.05, 4.69) is 36.1 Å². The van der Waals surface area contributed by atoms with Crippen LogP contribution in [-0.4, -0.2) is 35.1 Å². The number of benzene rings is 1. The van der Waals surface area contributed by atoms with E-state index >= 15 is 0 Å². The molecule has 2 fully saturated rings. The SMILES string of the molecule is Cc1ccc(C2CCCC(N3CCC(C(=O)O)CC3)C2)cc1.